The predicted octanol–water partition coefficient (Wildman–Crippen LogP) is 5.48. The van der Waals surface area contributed by atoms with Crippen LogP contribution in [0.4, 0.5) is 13.2 Å². The number of likely N-dealkylation sites (tertiary alicyclic amines) is 1. The number of aromatic amines is 1. The third-order valence-corrected chi connectivity index (χ3v) is 7.60. The number of hydrogen-bond acceptors (Lipinski definition) is 3. The average Bonchev–Trinajstić information content (AvgIpc) is 3.25. The molecule has 34 heavy (non-hydrogen) atoms. The normalized spacial score (nSPS) is 21.5. The van der Waals surface area contributed by atoms with Crippen LogP contribution in [-0.4, -0.2) is 35.4 Å². The number of hydrogen-bond donors (Lipinski definition) is 2. The molecule has 5 rings (SSSR count). The van der Waals surface area contributed by atoms with E-state index in [0.717, 1.165) is 27.8 Å². The zero-order valence-corrected chi connectivity index (χ0v) is 19.3. The zero-order chi connectivity index (χ0) is 24.3. The first-order chi connectivity index (χ1) is 16.1. The molecule has 180 valence electrons. The van der Waals surface area contributed by atoms with E-state index >= 15 is 0 Å². The van der Waals surface area contributed by atoms with E-state index < -0.39 is 23.1 Å². The second-order valence-corrected chi connectivity index (χ2v) is 9.89. The molecule has 5 nitrogen and oxygen atoms in total. The molecular formula is C26H28F3N3O2. The zero-order valence-electron chi connectivity index (χ0n) is 19.3. The highest BCUT2D eigenvalue weighted by atomic mass is 19.3. The molecule has 0 unspecified atom stereocenters. The van der Waals surface area contributed by atoms with E-state index in [-0.39, 0.29) is 24.4 Å². The number of rotatable bonds is 5. The highest BCUT2D eigenvalue weighted by Gasteiger charge is 2.58. The monoisotopic (exact) mass is 471 g/mol. The molecule has 2 aromatic carbocycles. The number of nitrogens with two attached hydrogens (primary N) is 1. The number of aryl methyl sites for hydroxylation is 1. The number of piperidine rings is 1. The van der Waals surface area contributed by atoms with Gasteiger partial charge in [-0.2, -0.15) is 0 Å². The summed E-state index contributed by atoms with van der Waals surface area (Å²) in [5.41, 5.74) is 8.39. The van der Waals surface area contributed by atoms with Crippen molar-refractivity contribution >= 4 is 16.8 Å². The topological polar surface area (TPSA) is 71.3 Å². The fourth-order valence-electron chi connectivity index (χ4n) is 5.99. The van der Waals surface area contributed by atoms with Gasteiger partial charge in [0.25, 0.3) is 5.91 Å². The van der Waals surface area contributed by atoms with E-state index in [1.54, 1.807) is 13.2 Å². The lowest BCUT2D eigenvalue weighted by Gasteiger charge is -2.54. The Morgan fingerprint density at radius 1 is 1.26 bits per heavy atom. The van der Waals surface area contributed by atoms with Gasteiger partial charge >= 0.3 is 0 Å². The number of primary amides is 1. The molecule has 0 bridgehead atoms. The molecule has 1 saturated heterocycles. The highest BCUT2D eigenvalue weighted by molar-refractivity contribution is 5.93. The van der Waals surface area contributed by atoms with E-state index in [0.29, 0.717) is 31.5 Å². The molecule has 0 radical (unpaired) electrons. The Balaban J connectivity index is 1.53. The number of methoxy groups -OCH3 is 1. The van der Waals surface area contributed by atoms with Crippen molar-refractivity contribution in [3.8, 4) is 5.75 Å². The van der Waals surface area contributed by atoms with Crippen molar-refractivity contribution in [2.24, 2.45) is 11.1 Å². The number of aromatic nitrogens is 1. The molecule has 2 heterocycles. The van der Waals surface area contributed by atoms with Gasteiger partial charge in [0.2, 0.25) is 5.92 Å². The molecule has 1 spiro atoms. The van der Waals surface area contributed by atoms with Crippen LogP contribution in [0.15, 0.2) is 36.5 Å². The number of ether oxygens (including phenoxy) is 1. The van der Waals surface area contributed by atoms with E-state index in [2.05, 4.69) is 9.88 Å². The summed E-state index contributed by atoms with van der Waals surface area (Å²) in [4.78, 5) is 17.0. The Bertz CT molecular complexity index is 1260. The number of amides is 1. The van der Waals surface area contributed by atoms with Gasteiger partial charge in [0.15, 0.2) is 0 Å². The molecule has 3 aromatic rings. The van der Waals surface area contributed by atoms with Gasteiger partial charge in [0.1, 0.15) is 11.6 Å². The molecule has 1 aliphatic heterocycles. The number of benzene rings is 2. The van der Waals surface area contributed by atoms with Crippen molar-refractivity contribution in [2.75, 3.05) is 13.7 Å². The fourth-order valence-corrected chi connectivity index (χ4v) is 5.99. The minimum absolute atomic E-state index is 0.137. The van der Waals surface area contributed by atoms with Crippen molar-refractivity contribution in [1.82, 2.24) is 9.88 Å². The first-order valence-electron chi connectivity index (χ1n) is 11.5. The molecule has 1 saturated carbocycles. The summed E-state index contributed by atoms with van der Waals surface area (Å²) in [6.45, 7) is 3.13. The molecule has 2 fully saturated rings. The fraction of sp³-hybridized carbons (Fsp3) is 0.423. The van der Waals surface area contributed by atoms with Crippen LogP contribution < -0.4 is 10.5 Å². The first kappa shape index (κ1) is 22.8. The summed E-state index contributed by atoms with van der Waals surface area (Å²) < 4.78 is 48.1. The number of carbonyl (C=O) groups excluding carboxylic acids is 1. The summed E-state index contributed by atoms with van der Waals surface area (Å²) in [6.07, 6.45) is 2.77. The lowest BCUT2D eigenvalue weighted by Crippen LogP contribution is -2.53. The van der Waals surface area contributed by atoms with Crippen molar-refractivity contribution in [3.63, 3.8) is 0 Å². The van der Waals surface area contributed by atoms with Crippen LogP contribution in [0.25, 0.3) is 10.9 Å². The van der Waals surface area contributed by atoms with Gasteiger partial charge in [-0.1, -0.05) is 6.07 Å². The van der Waals surface area contributed by atoms with E-state index in [9.17, 15) is 18.0 Å². The van der Waals surface area contributed by atoms with Gasteiger partial charge in [0.05, 0.1) is 12.7 Å². The Morgan fingerprint density at radius 2 is 2.03 bits per heavy atom. The van der Waals surface area contributed by atoms with E-state index in [4.69, 9.17) is 10.5 Å². The Hall–Kier alpha value is -3.00. The lowest BCUT2D eigenvalue weighted by molar-refractivity contribution is -0.186. The van der Waals surface area contributed by atoms with Gasteiger partial charge < -0.3 is 15.5 Å². The number of nitrogens with one attached hydrogen (secondary N) is 1. The number of halogens is 3. The summed E-state index contributed by atoms with van der Waals surface area (Å²) in [5.74, 6) is -3.40. The van der Waals surface area contributed by atoms with Crippen molar-refractivity contribution in [3.05, 3.63) is 64.6 Å². The maximum absolute atomic E-state index is 14.7. The Morgan fingerprint density at radius 3 is 2.68 bits per heavy atom. The lowest BCUT2D eigenvalue weighted by atomic mass is 9.59. The van der Waals surface area contributed by atoms with Crippen molar-refractivity contribution in [1.29, 1.82) is 0 Å². The molecule has 8 heteroatoms. The van der Waals surface area contributed by atoms with E-state index in [1.807, 2.05) is 25.3 Å². The molecule has 1 amide bonds. The summed E-state index contributed by atoms with van der Waals surface area (Å²) >= 11 is 0. The average molecular weight is 472 g/mol. The maximum Gasteiger partial charge on any atom is 0.251 e. The van der Waals surface area contributed by atoms with Gasteiger partial charge in [-0.25, -0.2) is 13.2 Å². The van der Waals surface area contributed by atoms with Gasteiger partial charge in [-0.3, -0.25) is 9.69 Å². The number of H-pyrrole nitrogens is 1. The van der Waals surface area contributed by atoms with Crippen LogP contribution in [0, 0.1) is 18.2 Å². The standard InChI is InChI=1S/C26H28F3N3O2/c1-15-9-22(34-2)19(17-5-7-31-23(15)17)12-32-8-6-25(13-26(28,29)14-25)11-21(32)16-3-4-18(24(30)33)20(27)10-16/h3-5,7,9-10,21,31H,6,8,11-14H2,1-2H3,(H2,30,33)/t21-/m1/s1. The molecule has 2 aliphatic rings. The SMILES string of the molecule is COc1cc(C)c2[nH]ccc2c1CN1CCC2(C[C@@H]1c1ccc(C(N)=O)c(F)c1)CC(F)(F)C2. The number of alkyl halides is 2. The first-order valence-corrected chi connectivity index (χ1v) is 11.5. The minimum atomic E-state index is -2.63. The van der Waals surface area contributed by atoms with Gasteiger partial charge in [0, 0.05) is 48.1 Å². The smallest absolute Gasteiger partial charge is 0.251 e. The van der Waals surface area contributed by atoms with Crippen LogP contribution in [0.3, 0.4) is 0 Å². The highest BCUT2D eigenvalue weighted by Crippen LogP contribution is 2.60. The molecule has 1 aromatic heterocycles. The Kier molecular flexibility index (Phi) is 5.39. The largest absolute Gasteiger partial charge is 0.496 e. The molecular weight excluding hydrogens is 443 g/mol. The number of carbonyl (C=O) groups is 1. The second-order valence-electron chi connectivity index (χ2n) is 9.89. The summed E-state index contributed by atoms with van der Waals surface area (Å²) in [5, 5.41) is 1.04. The van der Waals surface area contributed by atoms with Crippen LogP contribution in [-0.2, 0) is 6.54 Å². The van der Waals surface area contributed by atoms with Crippen molar-refractivity contribution < 1.29 is 22.7 Å². The van der Waals surface area contributed by atoms with E-state index in [1.165, 1.54) is 12.1 Å². The Labute approximate surface area is 196 Å². The molecule has 1 aliphatic carbocycles. The second kappa shape index (κ2) is 8.05. The summed E-state index contributed by atoms with van der Waals surface area (Å²) in [7, 11) is 1.63. The van der Waals surface area contributed by atoms with Crippen LogP contribution in [0.5, 0.6) is 5.75 Å². The quantitative estimate of drug-likeness (QED) is 0.518. The maximum atomic E-state index is 14.7. The minimum Gasteiger partial charge on any atom is -0.496 e. The van der Waals surface area contributed by atoms with Crippen LogP contribution in [0.2, 0.25) is 0 Å². The van der Waals surface area contributed by atoms with Gasteiger partial charge in [-0.05, 0) is 67.1 Å². The van der Waals surface area contributed by atoms with Crippen LogP contribution in [0.1, 0.15) is 58.8 Å². The number of fused-ring (bicyclic) bond motifs is 1. The number of nitrogens with zero attached hydrogens (tertiary/aromatic N) is 1. The predicted molar refractivity (Wildman–Crippen MR) is 124 cm³/mol. The van der Waals surface area contributed by atoms with Gasteiger partial charge in [-0.15, -0.1) is 0 Å². The third-order valence-electron chi connectivity index (χ3n) is 7.60. The molecule has 1 atom stereocenters. The van der Waals surface area contributed by atoms with Crippen LogP contribution >= 0.6 is 0 Å². The van der Waals surface area contributed by atoms with Crippen molar-refractivity contribution in [2.45, 2.75) is 51.1 Å². The summed E-state index contributed by atoms with van der Waals surface area (Å²) in [6, 6.07) is 8.12. The molecule has 3 N–H and O–H groups in total. The third kappa shape index (κ3) is 3.83.